The van der Waals surface area contributed by atoms with E-state index in [0.29, 0.717) is 6.42 Å². The fourth-order valence-electron chi connectivity index (χ4n) is 1.76. The lowest BCUT2D eigenvalue weighted by Crippen LogP contribution is -2.13. The summed E-state index contributed by atoms with van der Waals surface area (Å²) >= 11 is 6.80. The monoisotopic (exact) mass is 371 g/mol. The Hall–Kier alpha value is -0.710. The first kappa shape index (κ1) is 13.7. The summed E-state index contributed by atoms with van der Waals surface area (Å²) in [4.78, 5) is 0. The van der Waals surface area contributed by atoms with E-state index >= 15 is 0 Å². The minimum atomic E-state index is -0.240. The highest BCUT2D eigenvalue weighted by atomic mass is 79.9. The summed E-state index contributed by atoms with van der Waals surface area (Å²) in [6, 6.07) is 12.4. The van der Waals surface area contributed by atoms with Gasteiger partial charge in [0.1, 0.15) is 5.82 Å². The Kier molecular flexibility index (Phi) is 4.54. The topological polar surface area (TPSA) is 26.0 Å². The van der Waals surface area contributed by atoms with Crippen LogP contribution in [0.1, 0.15) is 17.2 Å². The molecule has 0 bridgehead atoms. The van der Waals surface area contributed by atoms with Crippen molar-refractivity contribution < 1.29 is 4.39 Å². The number of nitrogens with two attached hydrogens (primary N) is 1. The third-order valence-corrected chi connectivity index (χ3v) is 4.05. The lowest BCUT2D eigenvalue weighted by atomic mass is 10.00. The van der Waals surface area contributed by atoms with Gasteiger partial charge in [0.05, 0.1) is 0 Å². The van der Waals surface area contributed by atoms with Crippen molar-refractivity contribution in [3.05, 3.63) is 68.4 Å². The Labute approximate surface area is 122 Å². The molecule has 2 N–H and O–H groups in total. The molecule has 0 fully saturated rings. The molecule has 2 aromatic carbocycles. The summed E-state index contributed by atoms with van der Waals surface area (Å²) in [5.41, 5.74) is 8.05. The minimum absolute atomic E-state index is 0.142. The number of benzene rings is 2. The van der Waals surface area contributed by atoms with Crippen LogP contribution in [0.5, 0.6) is 0 Å². The normalized spacial score (nSPS) is 12.4. The van der Waals surface area contributed by atoms with Crippen molar-refractivity contribution in [2.24, 2.45) is 5.73 Å². The number of halogens is 3. The first-order valence-electron chi connectivity index (χ1n) is 5.51. The summed E-state index contributed by atoms with van der Waals surface area (Å²) in [5.74, 6) is -0.240. The fraction of sp³-hybridized carbons (Fsp3) is 0.143. The van der Waals surface area contributed by atoms with Gasteiger partial charge in [-0.05, 0) is 47.9 Å². The van der Waals surface area contributed by atoms with Crippen molar-refractivity contribution in [1.82, 2.24) is 0 Å². The second kappa shape index (κ2) is 5.95. The van der Waals surface area contributed by atoms with E-state index in [4.69, 9.17) is 5.73 Å². The molecule has 1 atom stereocenters. The average molecular weight is 373 g/mol. The Morgan fingerprint density at radius 2 is 1.72 bits per heavy atom. The highest BCUT2D eigenvalue weighted by Crippen LogP contribution is 2.24. The van der Waals surface area contributed by atoms with Gasteiger partial charge in [-0.15, -0.1) is 0 Å². The van der Waals surface area contributed by atoms with Gasteiger partial charge in [-0.25, -0.2) is 4.39 Å². The lowest BCUT2D eigenvalue weighted by Gasteiger charge is -2.13. The van der Waals surface area contributed by atoms with Gasteiger partial charge in [0.2, 0.25) is 0 Å². The summed E-state index contributed by atoms with van der Waals surface area (Å²) in [7, 11) is 0. The van der Waals surface area contributed by atoms with E-state index in [9.17, 15) is 4.39 Å². The zero-order chi connectivity index (χ0) is 13.1. The molecule has 0 saturated carbocycles. The van der Waals surface area contributed by atoms with Gasteiger partial charge in [-0.1, -0.05) is 44.0 Å². The van der Waals surface area contributed by atoms with Crippen LogP contribution in [0.15, 0.2) is 51.4 Å². The quantitative estimate of drug-likeness (QED) is 0.837. The Morgan fingerprint density at radius 3 is 2.39 bits per heavy atom. The summed E-state index contributed by atoms with van der Waals surface area (Å²) in [6.07, 6.45) is 0.597. The highest BCUT2D eigenvalue weighted by molar-refractivity contribution is 9.10. The summed E-state index contributed by atoms with van der Waals surface area (Å²) in [5, 5.41) is 0. The molecule has 0 aliphatic rings. The number of rotatable bonds is 3. The van der Waals surface area contributed by atoms with Crippen molar-refractivity contribution >= 4 is 31.9 Å². The van der Waals surface area contributed by atoms with Crippen molar-refractivity contribution in [2.45, 2.75) is 12.5 Å². The molecule has 2 aromatic rings. The SMILES string of the molecule is NC(Cc1cc(F)ccc1Br)c1ccc(Br)cc1. The van der Waals surface area contributed by atoms with Crippen LogP contribution in [-0.4, -0.2) is 0 Å². The molecule has 0 spiro atoms. The molecule has 2 rings (SSSR count). The molecule has 0 saturated heterocycles. The minimum Gasteiger partial charge on any atom is -0.324 e. The van der Waals surface area contributed by atoms with E-state index in [0.717, 1.165) is 20.1 Å². The van der Waals surface area contributed by atoms with Crippen molar-refractivity contribution in [3.8, 4) is 0 Å². The number of hydrogen-bond acceptors (Lipinski definition) is 1. The van der Waals surface area contributed by atoms with Crippen LogP contribution in [0.4, 0.5) is 4.39 Å². The van der Waals surface area contributed by atoms with Gasteiger partial charge in [0.15, 0.2) is 0 Å². The molecule has 0 aliphatic carbocycles. The smallest absolute Gasteiger partial charge is 0.123 e. The predicted molar refractivity (Wildman–Crippen MR) is 78.9 cm³/mol. The molecular formula is C14H12Br2FN. The van der Waals surface area contributed by atoms with E-state index in [1.807, 2.05) is 24.3 Å². The first-order valence-corrected chi connectivity index (χ1v) is 7.10. The van der Waals surface area contributed by atoms with E-state index < -0.39 is 0 Å². The van der Waals surface area contributed by atoms with E-state index in [1.54, 1.807) is 6.07 Å². The van der Waals surface area contributed by atoms with E-state index in [1.165, 1.54) is 12.1 Å². The second-order valence-electron chi connectivity index (χ2n) is 4.10. The van der Waals surface area contributed by atoms with Gasteiger partial charge in [0.25, 0.3) is 0 Å². The van der Waals surface area contributed by atoms with Crippen LogP contribution in [0.2, 0.25) is 0 Å². The molecule has 0 aliphatic heterocycles. The maximum atomic E-state index is 13.2. The molecule has 18 heavy (non-hydrogen) atoms. The first-order chi connectivity index (χ1) is 8.56. The van der Waals surface area contributed by atoms with E-state index in [-0.39, 0.29) is 11.9 Å². The highest BCUT2D eigenvalue weighted by Gasteiger charge is 2.10. The summed E-state index contributed by atoms with van der Waals surface area (Å²) < 4.78 is 15.1. The molecule has 94 valence electrons. The van der Waals surface area contributed by atoms with Gasteiger partial charge in [-0.3, -0.25) is 0 Å². The van der Waals surface area contributed by atoms with Crippen LogP contribution in [-0.2, 0) is 6.42 Å². The molecule has 0 aromatic heterocycles. The standard InChI is InChI=1S/C14H12Br2FN/c15-11-3-1-9(2-4-11)14(18)8-10-7-12(17)5-6-13(10)16/h1-7,14H,8,18H2. The zero-order valence-corrected chi connectivity index (χ0v) is 12.7. The van der Waals surface area contributed by atoms with Crippen LogP contribution >= 0.6 is 31.9 Å². The van der Waals surface area contributed by atoms with Crippen molar-refractivity contribution in [3.63, 3.8) is 0 Å². The molecule has 0 radical (unpaired) electrons. The van der Waals surface area contributed by atoms with Crippen LogP contribution in [0.25, 0.3) is 0 Å². The Balaban J connectivity index is 2.18. The van der Waals surface area contributed by atoms with Gasteiger partial charge in [0, 0.05) is 15.0 Å². The predicted octanol–water partition coefficient (Wildman–Crippen LogP) is 4.59. The fourth-order valence-corrected chi connectivity index (χ4v) is 2.44. The molecular weight excluding hydrogens is 361 g/mol. The van der Waals surface area contributed by atoms with Gasteiger partial charge in [-0.2, -0.15) is 0 Å². The Morgan fingerprint density at radius 1 is 1.06 bits per heavy atom. The third kappa shape index (κ3) is 3.40. The van der Waals surface area contributed by atoms with Gasteiger partial charge < -0.3 is 5.73 Å². The van der Waals surface area contributed by atoms with Crippen LogP contribution < -0.4 is 5.73 Å². The van der Waals surface area contributed by atoms with E-state index in [2.05, 4.69) is 31.9 Å². The van der Waals surface area contributed by atoms with Crippen LogP contribution in [0, 0.1) is 5.82 Å². The molecule has 0 heterocycles. The van der Waals surface area contributed by atoms with Crippen molar-refractivity contribution in [2.75, 3.05) is 0 Å². The van der Waals surface area contributed by atoms with Crippen LogP contribution in [0.3, 0.4) is 0 Å². The lowest BCUT2D eigenvalue weighted by molar-refractivity contribution is 0.621. The molecule has 4 heteroatoms. The largest absolute Gasteiger partial charge is 0.324 e. The van der Waals surface area contributed by atoms with Gasteiger partial charge >= 0.3 is 0 Å². The molecule has 0 amide bonds. The number of hydrogen-bond donors (Lipinski definition) is 1. The zero-order valence-electron chi connectivity index (χ0n) is 9.54. The second-order valence-corrected chi connectivity index (χ2v) is 5.87. The van der Waals surface area contributed by atoms with Crippen molar-refractivity contribution in [1.29, 1.82) is 0 Å². The average Bonchev–Trinajstić information content (AvgIpc) is 2.34. The summed E-state index contributed by atoms with van der Waals surface area (Å²) in [6.45, 7) is 0. The maximum absolute atomic E-state index is 13.2. The maximum Gasteiger partial charge on any atom is 0.123 e. The molecule has 1 unspecified atom stereocenters. The molecule has 1 nitrogen and oxygen atoms in total. The third-order valence-electron chi connectivity index (χ3n) is 2.75. The Bertz CT molecular complexity index is 540.